The highest BCUT2D eigenvalue weighted by Gasteiger charge is 2.10. The molecule has 0 aliphatic carbocycles. The SMILES string of the molecule is CNCc1ccoc1CN(C)Cc1ccoc1C. The molecule has 0 unspecified atom stereocenters. The molecule has 0 atom stereocenters. The summed E-state index contributed by atoms with van der Waals surface area (Å²) in [5.41, 5.74) is 2.44. The maximum Gasteiger partial charge on any atom is 0.122 e. The van der Waals surface area contributed by atoms with Crippen LogP contribution in [0.25, 0.3) is 0 Å². The Hall–Kier alpha value is -1.52. The third-order valence-electron chi connectivity index (χ3n) is 3.02. The third-order valence-corrected chi connectivity index (χ3v) is 3.02. The predicted molar refractivity (Wildman–Crippen MR) is 70.1 cm³/mol. The van der Waals surface area contributed by atoms with Crippen LogP contribution in [0.15, 0.2) is 33.5 Å². The van der Waals surface area contributed by atoms with E-state index in [1.54, 1.807) is 12.5 Å². The summed E-state index contributed by atoms with van der Waals surface area (Å²) in [5.74, 6) is 2.00. The van der Waals surface area contributed by atoms with E-state index in [1.165, 1.54) is 11.1 Å². The zero-order chi connectivity index (χ0) is 13.0. The van der Waals surface area contributed by atoms with Crippen LogP contribution < -0.4 is 5.32 Å². The van der Waals surface area contributed by atoms with Crippen LogP contribution in [0, 0.1) is 6.92 Å². The molecule has 2 heterocycles. The maximum atomic E-state index is 5.53. The highest BCUT2D eigenvalue weighted by molar-refractivity contribution is 5.18. The number of furan rings is 2. The van der Waals surface area contributed by atoms with Gasteiger partial charge in [-0.2, -0.15) is 0 Å². The van der Waals surface area contributed by atoms with Crippen molar-refractivity contribution in [3.8, 4) is 0 Å². The minimum Gasteiger partial charge on any atom is -0.469 e. The zero-order valence-electron chi connectivity index (χ0n) is 11.2. The standard InChI is InChI=1S/C14H20N2O2/c1-11-13(5-6-17-11)9-16(3)10-14-12(8-15-2)4-7-18-14/h4-7,15H,8-10H2,1-3H3. The molecule has 0 aromatic carbocycles. The Bertz CT molecular complexity index is 487. The Kier molecular flexibility index (Phi) is 4.23. The van der Waals surface area contributed by atoms with Gasteiger partial charge in [-0.05, 0) is 33.2 Å². The van der Waals surface area contributed by atoms with Crippen molar-refractivity contribution >= 4 is 0 Å². The van der Waals surface area contributed by atoms with Crippen LogP contribution in [0.2, 0.25) is 0 Å². The molecule has 2 rings (SSSR count). The first-order valence-corrected chi connectivity index (χ1v) is 6.12. The molecule has 2 aromatic heterocycles. The van der Waals surface area contributed by atoms with E-state index in [9.17, 15) is 0 Å². The molecule has 0 amide bonds. The highest BCUT2D eigenvalue weighted by Crippen LogP contribution is 2.16. The Morgan fingerprint density at radius 1 is 1.11 bits per heavy atom. The average Bonchev–Trinajstić information content (AvgIpc) is 2.91. The number of nitrogens with zero attached hydrogens (tertiary/aromatic N) is 1. The summed E-state index contributed by atoms with van der Waals surface area (Å²) in [6, 6.07) is 4.03. The molecule has 1 N–H and O–H groups in total. The lowest BCUT2D eigenvalue weighted by Crippen LogP contribution is -2.18. The summed E-state index contributed by atoms with van der Waals surface area (Å²) < 4.78 is 10.8. The van der Waals surface area contributed by atoms with Gasteiger partial charge in [-0.15, -0.1) is 0 Å². The summed E-state index contributed by atoms with van der Waals surface area (Å²) in [6.07, 6.45) is 3.48. The predicted octanol–water partition coefficient (Wildman–Crippen LogP) is 2.53. The van der Waals surface area contributed by atoms with Gasteiger partial charge in [0.25, 0.3) is 0 Å². The van der Waals surface area contributed by atoms with E-state index in [0.29, 0.717) is 0 Å². The van der Waals surface area contributed by atoms with Crippen molar-refractivity contribution in [2.75, 3.05) is 14.1 Å². The lowest BCUT2D eigenvalue weighted by atomic mass is 10.2. The normalized spacial score (nSPS) is 11.3. The van der Waals surface area contributed by atoms with Crippen molar-refractivity contribution in [2.24, 2.45) is 0 Å². The van der Waals surface area contributed by atoms with Gasteiger partial charge >= 0.3 is 0 Å². The van der Waals surface area contributed by atoms with Crippen molar-refractivity contribution in [2.45, 2.75) is 26.6 Å². The van der Waals surface area contributed by atoms with Crippen molar-refractivity contribution in [1.29, 1.82) is 0 Å². The quantitative estimate of drug-likeness (QED) is 0.853. The summed E-state index contributed by atoms with van der Waals surface area (Å²) in [5, 5.41) is 3.14. The van der Waals surface area contributed by atoms with E-state index < -0.39 is 0 Å². The molecular formula is C14H20N2O2. The molecule has 0 fully saturated rings. The highest BCUT2D eigenvalue weighted by atomic mass is 16.3. The summed E-state index contributed by atoms with van der Waals surface area (Å²) in [4.78, 5) is 2.22. The van der Waals surface area contributed by atoms with Crippen LogP contribution in [0.5, 0.6) is 0 Å². The number of hydrogen-bond acceptors (Lipinski definition) is 4. The molecule has 0 aliphatic heterocycles. The maximum absolute atomic E-state index is 5.53. The summed E-state index contributed by atoms with van der Waals surface area (Å²) in [7, 11) is 4.02. The number of aryl methyl sites for hydroxylation is 1. The lowest BCUT2D eigenvalue weighted by molar-refractivity contribution is 0.284. The molecule has 4 nitrogen and oxygen atoms in total. The largest absolute Gasteiger partial charge is 0.469 e. The molecule has 0 saturated carbocycles. The van der Waals surface area contributed by atoms with E-state index in [1.807, 2.05) is 26.1 Å². The van der Waals surface area contributed by atoms with E-state index in [2.05, 4.69) is 17.3 Å². The first kappa shape index (κ1) is 12.9. The van der Waals surface area contributed by atoms with E-state index in [4.69, 9.17) is 8.83 Å². The molecule has 0 spiro atoms. The van der Waals surface area contributed by atoms with Gasteiger partial charge in [0.15, 0.2) is 0 Å². The van der Waals surface area contributed by atoms with Crippen LogP contribution in [0.3, 0.4) is 0 Å². The molecule has 2 aromatic rings. The van der Waals surface area contributed by atoms with Crippen LogP contribution >= 0.6 is 0 Å². The van der Waals surface area contributed by atoms with Crippen molar-refractivity contribution in [3.05, 3.63) is 47.3 Å². The minimum atomic E-state index is 0.800. The van der Waals surface area contributed by atoms with E-state index in [-0.39, 0.29) is 0 Å². The van der Waals surface area contributed by atoms with Gasteiger partial charge in [0.2, 0.25) is 0 Å². The third kappa shape index (κ3) is 3.03. The molecule has 4 heteroatoms. The van der Waals surface area contributed by atoms with Gasteiger partial charge in [0.05, 0.1) is 19.1 Å². The molecule has 0 bridgehead atoms. The fourth-order valence-electron chi connectivity index (χ4n) is 2.02. The monoisotopic (exact) mass is 248 g/mol. The first-order chi connectivity index (χ1) is 8.70. The second-order valence-corrected chi connectivity index (χ2v) is 4.57. The molecule has 18 heavy (non-hydrogen) atoms. The topological polar surface area (TPSA) is 41.6 Å². The van der Waals surface area contributed by atoms with E-state index >= 15 is 0 Å². The van der Waals surface area contributed by atoms with Gasteiger partial charge in [0.1, 0.15) is 11.5 Å². The lowest BCUT2D eigenvalue weighted by Gasteiger charge is -2.15. The van der Waals surface area contributed by atoms with Crippen LogP contribution in [0.4, 0.5) is 0 Å². The van der Waals surface area contributed by atoms with Crippen molar-refractivity contribution < 1.29 is 8.83 Å². The smallest absolute Gasteiger partial charge is 0.122 e. The fourth-order valence-corrected chi connectivity index (χ4v) is 2.02. The zero-order valence-corrected chi connectivity index (χ0v) is 11.2. The minimum absolute atomic E-state index is 0.800. The molecule has 0 saturated heterocycles. The second-order valence-electron chi connectivity index (χ2n) is 4.57. The van der Waals surface area contributed by atoms with Crippen LogP contribution in [-0.4, -0.2) is 19.0 Å². The first-order valence-electron chi connectivity index (χ1n) is 6.12. The van der Waals surface area contributed by atoms with Crippen LogP contribution in [0.1, 0.15) is 22.6 Å². The second kappa shape index (κ2) is 5.89. The molecular weight excluding hydrogens is 228 g/mol. The van der Waals surface area contributed by atoms with Gasteiger partial charge in [-0.1, -0.05) is 0 Å². The van der Waals surface area contributed by atoms with Crippen molar-refractivity contribution in [3.63, 3.8) is 0 Å². The van der Waals surface area contributed by atoms with Gasteiger partial charge in [-0.25, -0.2) is 0 Å². The van der Waals surface area contributed by atoms with E-state index in [0.717, 1.165) is 31.2 Å². The Labute approximate surface area is 108 Å². The van der Waals surface area contributed by atoms with Crippen molar-refractivity contribution in [1.82, 2.24) is 10.2 Å². The summed E-state index contributed by atoms with van der Waals surface area (Å²) in [6.45, 7) is 4.49. The average molecular weight is 248 g/mol. The van der Waals surface area contributed by atoms with Gasteiger partial charge in [-0.3, -0.25) is 4.90 Å². The Morgan fingerprint density at radius 3 is 2.50 bits per heavy atom. The summed E-state index contributed by atoms with van der Waals surface area (Å²) >= 11 is 0. The van der Waals surface area contributed by atoms with Gasteiger partial charge in [0, 0.05) is 24.2 Å². The number of hydrogen-bond donors (Lipinski definition) is 1. The Balaban J connectivity index is 1.96. The Morgan fingerprint density at radius 2 is 1.83 bits per heavy atom. The molecule has 0 aliphatic rings. The number of nitrogens with one attached hydrogen (secondary N) is 1. The molecule has 0 radical (unpaired) electrons. The van der Waals surface area contributed by atoms with Crippen LogP contribution in [-0.2, 0) is 19.6 Å². The fraction of sp³-hybridized carbons (Fsp3) is 0.429. The molecule has 98 valence electrons. The van der Waals surface area contributed by atoms with Gasteiger partial charge < -0.3 is 14.2 Å². The number of rotatable bonds is 6.